The van der Waals surface area contributed by atoms with Crippen LogP contribution in [0.15, 0.2) is 35.5 Å². The van der Waals surface area contributed by atoms with E-state index in [0.29, 0.717) is 0 Å². The minimum absolute atomic E-state index is 0.0297. The molecule has 1 aliphatic carbocycles. The van der Waals surface area contributed by atoms with Crippen LogP contribution in [0, 0.1) is 16.7 Å². The number of hydrogen-bond acceptors (Lipinski definition) is 2. The molecule has 2 heteroatoms. The van der Waals surface area contributed by atoms with Crippen molar-refractivity contribution in [1.82, 2.24) is 0 Å². The largest absolute Gasteiger partial charge is 0.290 e. The van der Waals surface area contributed by atoms with Crippen LogP contribution in [0.25, 0.3) is 0 Å². The Kier molecular flexibility index (Phi) is 3.84. The predicted octanol–water partition coefficient (Wildman–Crippen LogP) is 3.33. The van der Waals surface area contributed by atoms with E-state index in [-0.39, 0.29) is 17.6 Å². The third-order valence-corrected chi connectivity index (χ3v) is 2.79. The van der Waals surface area contributed by atoms with Gasteiger partial charge < -0.3 is 0 Å². The van der Waals surface area contributed by atoms with Gasteiger partial charge in [-0.25, -0.2) is 0 Å². The molecule has 1 rings (SSSR count). The molecule has 16 heavy (non-hydrogen) atoms. The molecule has 84 valence electrons. The minimum Gasteiger partial charge on any atom is -0.290 e. The van der Waals surface area contributed by atoms with Crippen LogP contribution < -0.4 is 0 Å². The van der Waals surface area contributed by atoms with E-state index < -0.39 is 0 Å². The quantitative estimate of drug-likeness (QED) is 0.677. The molecule has 0 aromatic heterocycles. The second-order valence-electron chi connectivity index (χ2n) is 4.68. The molecule has 0 aliphatic heterocycles. The van der Waals surface area contributed by atoms with Crippen molar-refractivity contribution in [1.29, 1.82) is 5.26 Å². The van der Waals surface area contributed by atoms with Gasteiger partial charge in [0.25, 0.3) is 0 Å². The fourth-order valence-corrected chi connectivity index (χ4v) is 2.08. The van der Waals surface area contributed by atoms with Crippen molar-refractivity contribution < 1.29 is 4.79 Å². The number of hydrogen-bond donors (Lipinski definition) is 0. The highest BCUT2D eigenvalue weighted by Gasteiger charge is 2.29. The highest BCUT2D eigenvalue weighted by Crippen LogP contribution is 2.37. The Morgan fingerprint density at radius 2 is 2.31 bits per heavy atom. The first-order valence-electron chi connectivity index (χ1n) is 5.45. The molecule has 0 aromatic rings. The highest BCUT2D eigenvalue weighted by atomic mass is 16.1. The number of ketones is 1. The minimum atomic E-state index is -0.104. The van der Waals surface area contributed by atoms with Gasteiger partial charge in [-0.05, 0) is 30.4 Å². The van der Waals surface area contributed by atoms with Crippen molar-refractivity contribution in [2.75, 3.05) is 0 Å². The Labute approximate surface area is 97.0 Å². The molecule has 0 atom stereocenters. The Bertz CT molecular complexity index is 417. The molecule has 0 saturated carbocycles. The molecule has 0 aromatic carbocycles. The molecule has 0 radical (unpaired) electrons. The van der Waals surface area contributed by atoms with Gasteiger partial charge in [0.2, 0.25) is 0 Å². The number of allylic oxidation sites excluding steroid dienone is 6. The number of rotatable bonds is 3. The van der Waals surface area contributed by atoms with Gasteiger partial charge in [0.05, 0.1) is 12.5 Å². The van der Waals surface area contributed by atoms with E-state index in [2.05, 4.69) is 19.9 Å². The van der Waals surface area contributed by atoms with Crippen molar-refractivity contribution in [3.63, 3.8) is 0 Å². The van der Waals surface area contributed by atoms with Crippen LogP contribution in [0.4, 0.5) is 0 Å². The number of carbonyl (C=O) groups is 1. The number of carbonyl (C=O) groups excluding carboxylic acids is 1. The molecule has 0 fully saturated rings. The van der Waals surface area contributed by atoms with Crippen molar-refractivity contribution in [3.05, 3.63) is 35.5 Å². The lowest BCUT2D eigenvalue weighted by molar-refractivity contribution is -0.112. The molecule has 2 nitrogen and oxygen atoms in total. The maximum Gasteiger partial charge on any atom is 0.182 e. The van der Waals surface area contributed by atoms with E-state index in [1.165, 1.54) is 6.08 Å². The van der Waals surface area contributed by atoms with Crippen molar-refractivity contribution in [2.45, 2.75) is 33.6 Å². The molecule has 0 N–H and O–H groups in total. The highest BCUT2D eigenvalue weighted by molar-refractivity contribution is 6.05. The van der Waals surface area contributed by atoms with Crippen LogP contribution in [-0.2, 0) is 4.79 Å². The van der Waals surface area contributed by atoms with Gasteiger partial charge in [-0.15, -0.1) is 0 Å². The van der Waals surface area contributed by atoms with Gasteiger partial charge >= 0.3 is 0 Å². The topological polar surface area (TPSA) is 40.9 Å². The van der Waals surface area contributed by atoms with E-state index in [1.54, 1.807) is 6.08 Å². The van der Waals surface area contributed by atoms with E-state index in [1.807, 2.05) is 19.1 Å². The standard InChI is InChI=1S/C14H17NO/c1-11-7-6-9-14(2,3)13(11)12(16)8-4-5-10-15/h4,6-8H,5,9H2,1-3H3/b8-4+. The van der Waals surface area contributed by atoms with Crippen LogP contribution in [0.1, 0.15) is 33.6 Å². The van der Waals surface area contributed by atoms with Gasteiger partial charge in [-0.3, -0.25) is 4.79 Å². The van der Waals surface area contributed by atoms with Crippen LogP contribution in [0.3, 0.4) is 0 Å². The Morgan fingerprint density at radius 3 is 2.88 bits per heavy atom. The summed E-state index contributed by atoms with van der Waals surface area (Å²) in [5.74, 6) is 0.0297. The van der Waals surface area contributed by atoms with Gasteiger partial charge in [-0.2, -0.15) is 5.26 Å². The second kappa shape index (κ2) is 4.94. The van der Waals surface area contributed by atoms with Crippen molar-refractivity contribution >= 4 is 5.78 Å². The molecule has 0 saturated heterocycles. The maximum atomic E-state index is 12.0. The lowest BCUT2D eigenvalue weighted by Gasteiger charge is -2.29. The summed E-state index contributed by atoms with van der Waals surface area (Å²) in [6, 6.07) is 1.99. The molecular formula is C14H17NO. The molecule has 0 amide bonds. The first kappa shape index (κ1) is 12.4. The zero-order valence-corrected chi connectivity index (χ0v) is 10.1. The fraction of sp³-hybridized carbons (Fsp3) is 0.429. The average Bonchev–Trinajstić information content (AvgIpc) is 2.16. The molecule has 0 spiro atoms. The Morgan fingerprint density at radius 1 is 1.62 bits per heavy atom. The van der Waals surface area contributed by atoms with E-state index in [9.17, 15) is 4.79 Å². The molecular weight excluding hydrogens is 198 g/mol. The summed E-state index contributed by atoms with van der Waals surface area (Å²) >= 11 is 0. The predicted molar refractivity (Wildman–Crippen MR) is 64.6 cm³/mol. The summed E-state index contributed by atoms with van der Waals surface area (Å²) in [7, 11) is 0. The third-order valence-electron chi connectivity index (χ3n) is 2.79. The van der Waals surface area contributed by atoms with Crippen LogP contribution in [-0.4, -0.2) is 5.78 Å². The monoisotopic (exact) mass is 215 g/mol. The maximum absolute atomic E-state index is 12.0. The summed E-state index contributed by atoms with van der Waals surface area (Å²) in [6.45, 7) is 6.11. The van der Waals surface area contributed by atoms with Crippen molar-refractivity contribution in [2.24, 2.45) is 5.41 Å². The Hall–Kier alpha value is -1.62. The zero-order chi connectivity index (χ0) is 12.2. The molecule has 0 unspecified atom stereocenters. The first-order valence-corrected chi connectivity index (χ1v) is 5.45. The lowest BCUT2D eigenvalue weighted by Crippen LogP contribution is -2.23. The van der Waals surface area contributed by atoms with Gasteiger partial charge in [0.1, 0.15) is 0 Å². The normalized spacial score (nSPS) is 18.9. The fourth-order valence-electron chi connectivity index (χ4n) is 2.08. The van der Waals surface area contributed by atoms with Gasteiger partial charge in [0, 0.05) is 5.57 Å². The van der Waals surface area contributed by atoms with Crippen LogP contribution in [0.2, 0.25) is 0 Å². The number of nitriles is 1. The van der Waals surface area contributed by atoms with Crippen LogP contribution >= 0.6 is 0 Å². The molecule has 0 heterocycles. The van der Waals surface area contributed by atoms with Gasteiger partial charge in [0.15, 0.2) is 5.78 Å². The average molecular weight is 215 g/mol. The van der Waals surface area contributed by atoms with Crippen molar-refractivity contribution in [3.8, 4) is 6.07 Å². The molecule has 1 aliphatic rings. The summed E-state index contributed by atoms with van der Waals surface area (Å²) < 4.78 is 0. The summed E-state index contributed by atoms with van der Waals surface area (Å²) in [5, 5.41) is 8.41. The Balaban J connectivity index is 2.97. The molecule has 0 bridgehead atoms. The third kappa shape index (κ3) is 2.70. The van der Waals surface area contributed by atoms with Gasteiger partial charge in [-0.1, -0.05) is 32.1 Å². The summed E-state index contributed by atoms with van der Waals surface area (Å²) in [4.78, 5) is 12.0. The zero-order valence-electron chi connectivity index (χ0n) is 10.1. The van der Waals surface area contributed by atoms with E-state index in [4.69, 9.17) is 5.26 Å². The SMILES string of the molecule is CC1=C(C(=O)/C=C/CC#N)C(C)(C)CC=C1. The summed E-state index contributed by atoms with van der Waals surface area (Å²) in [5.41, 5.74) is 1.79. The van der Waals surface area contributed by atoms with Crippen LogP contribution in [0.5, 0.6) is 0 Å². The number of nitrogens with zero attached hydrogens (tertiary/aromatic N) is 1. The van der Waals surface area contributed by atoms with E-state index in [0.717, 1.165) is 17.6 Å². The lowest BCUT2D eigenvalue weighted by atomic mass is 9.74. The second-order valence-corrected chi connectivity index (χ2v) is 4.68. The first-order chi connectivity index (χ1) is 7.49. The summed E-state index contributed by atoms with van der Waals surface area (Å²) in [6.07, 6.45) is 8.41. The smallest absolute Gasteiger partial charge is 0.182 e. The van der Waals surface area contributed by atoms with E-state index >= 15 is 0 Å².